The van der Waals surface area contributed by atoms with Gasteiger partial charge in [-0.3, -0.25) is 0 Å². The maximum atomic E-state index is 4.48. The zero-order valence-corrected chi connectivity index (χ0v) is 12.9. The summed E-state index contributed by atoms with van der Waals surface area (Å²) in [5.74, 6) is 0.975. The van der Waals surface area contributed by atoms with Gasteiger partial charge < -0.3 is 9.88 Å². The van der Waals surface area contributed by atoms with Crippen LogP contribution in [0.3, 0.4) is 0 Å². The molecule has 1 aliphatic rings. The van der Waals surface area contributed by atoms with Crippen molar-refractivity contribution in [2.45, 2.75) is 57.9 Å². The Morgan fingerprint density at radius 3 is 2.67 bits per heavy atom. The van der Waals surface area contributed by atoms with Crippen LogP contribution in [-0.2, 0) is 6.42 Å². The molecular formula is C18H25N3. The lowest BCUT2D eigenvalue weighted by Crippen LogP contribution is -2.07. The highest BCUT2D eigenvalue weighted by Crippen LogP contribution is 2.32. The predicted octanol–water partition coefficient (Wildman–Crippen LogP) is 5.08. The second-order valence-corrected chi connectivity index (χ2v) is 6.02. The first-order chi connectivity index (χ1) is 10.4. The molecule has 0 saturated heterocycles. The third-order valence-corrected chi connectivity index (χ3v) is 4.42. The molecule has 0 radical (unpaired) electrons. The Morgan fingerprint density at radius 1 is 1.19 bits per heavy atom. The van der Waals surface area contributed by atoms with Crippen LogP contribution in [0.2, 0.25) is 0 Å². The number of hydrogen-bond acceptors (Lipinski definition) is 2. The molecular weight excluding hydrogens is 258 g/mol. The van der Waals surface area contributed by atoms with Crippen LogP contribution in [0.25, 0.3) is 0 Å². The largest absolute Gasteiger partial charge is 0.326 e. The van der Waals surface area contributed by atoms with Crippen molar-refractivity contribution >= 4 is 11.6 Å². The van der Waals surface area contributed by atoms with E-state index in [1.807, 2.05) is 6.20 Å². The molecule has 0 unspecified atom stereocenters. The Balaban J connectivity index is 1.67. The highest BCUT2D eigenvalue weighted by Gasteiger charge is 2.19. The van der Waals surface area contributed by atoms with Gasteiger partial charge in [-0.1, -0.05) is 38.3 Å². The van der Waals surface area contributed by atoms with E-state index in [0.29, 0.717) is 6.04 Å². The zero-order valence-electron chi connectivity index (χ0n) is 12.9. The summed E-state index contributed by atoms with van der Waals surface area (Å²) in [6.45, 7) is 2.23. The van der Waals surface area contributed by atoms with Gasteiger partial charge >= 0.3 is 0 Å². The molecule has 0 aliphatic heterocycles. The van der Waals surface area contributed by atoms with Gasteiger partial charge in [0.15, 0.2) is 0 Å². The summed E-state index contributed by atoms with van der Waals surface area (Å²) in [7, 11) is 0. The van der Waals surface area contributed by atoms with Crippen LogP contribution < -0.4 is 5.32 Å². The van der Waals surface area contributed by atoms with E-state index in [4.69, 9.17) is 0 Å². The monoisotopic (exact) mass is 283 g/mol. The molecule has 3 nitrogen and oxygen atoms in total. The average Bonchev–Trinajstić information content (AvgIpc) is 3.17. The SMILES string of the molecule is CCCCc1ccc(Nc2nccn2C2CCCC2)cc1. The van der Waals surface area contributed by atoms with Crippen LogP contribution >= 0.6 is 0 Å². The molecule has 1 aromatic heterocycles. The molecule has 1 heterocycles. The van der Waals surface area contributed by atoms with Crippen molar-refractivity contribution in [1.82, 2.24) is 9.55 Å². The Bertz CT molecular complexity index is 550. The fourth-order valence-corrected chi connectivity index (χ4v) is 3.15. The van der Waals surface area contributed by atoms with Crippen molar-refractivity contribution in [3.63, 3.8) is 0 Å². The van der Waals surface area contributed by atoms with Gasteiger partial charge in [0, 0.05) is 24.1 Å². The van der Waals surface area contributed by atoms with Gasteiger partial charge in [-0.15, -0.1) is 0 Å². The Labute approximate surface area is 127 Å². The number of nitrogens with zero attached hydrogens (tertiary/aromatic N) is 2. The molecule has 0 bridgehead atoms. The lowest BCUT2D eigenvalue weighted by Gasteiger charge is -2.15. The molecule has 112 valence electrons. The standard InChI is InChI=1S/C18H25N3/c1-2-3-6-15-9-11-16(12-10-15)20-18-19-13-14-21(18)17-7-4-5-8-17/h9-14,17H,2-8H2,1H3,(H,19,20). The smallest absolute Gasteiger partial charge is 0.207 e. The van der Waals surface area contributed by atoms with Crippen molar-refractivity contribution in [2.24, 2.45) is 0 Å². The summed E-state index contributed by atoms with van der Waals surface area (Å²) in [5.41, 5.74) is 2.54. The fraction of sp³-hybridized carbons (Fsp3) is 0.500. The van der Waals surface area contributed by atoms with Crippen LogP contribution in [0.5, 0.6) is 0 Å². The van der Waals surface area contributed by atoms with Gasteiger partial charge in [0.1, 0.15) is 0 Å². The fourth-order valence-electron chi connectivity index (χ4n) is 3.15. The number of unbranched alkanes of at least 4 members (excludes halogenated alkanes) is 1. The lowest BCUT2D eigenvalue weighted by atomic mass is 10.1. The normalized spacial score (nSPS) is 15.5. The number of aryl methyl sites for hydroxylation is 1. The van der Waals surface area contributed by atoms with Gasteiger partial charge in [0.2, 0.25) is 5.95 Å². The third kappa shape index (κ3) is 3.46. The molecule has 21 heavy (non-hydrogen) atoms. The van der Waals surface area contributed by atoms with E-state index in [2.05, 4.69) is 52.3 Å². The second-order valence-electron chi connectivity index (χ2n) is 6.02. The van der Waals surface area contributed by atoms with Crippen molar-refractivity contribution in [3.8, 4) is 0 Å². The van der Waals surface area contributed by atoms with E-state index in [-0.39, 0.29) is 0 Å². The minimum absolute atomic E-state index is 0.624. The van der Waals surface area contributed by atoms with Crippen LogP contribution in [0.15, 0.2) is 36.7 Å². The number of nitrogens with one attached hydrogen (secondary N) is 1. The Kier molecular flexibility index (Phi) is 4.59. The summed E-state index contributed by atoms with van der Waals surface area (Å²) in [5, 5.41) is 3.46. The average molecular weight is 283 g/mol. The van der Waals surface area contributed by atoms with E-state index >= 15 is 0 Å². The van der Waals surface area contributed by atoms with Crippen molar-refractivity contribution in [3.05, 3.63) is 42.2 Å². The topological polar surface area (TPSA) is 29.9 Å². The van der Waals surface area contributed by atoms with E-state index in [1.54, 1.807) is 0 Å². The molecule has 0 atom stereocenters. The quantitative estimate of drug-likeness (QED) is 0.800. The van der Waals surface area contributed by atoms with E-state index in [0.717, 1.165) is 11.6 Å². The first kappa shape index (κ1) is 14.2. The van der Waals surface area contributed by atoms with Crippen LogP contribution in [0.1, 0.15) is 57.1 Å². The van der Waals surface area contributed by atoms with Gasteiger partial charge in [0.25, 0.3) is 0 Å². The van der Waals surface area contributed by atoms with Crippen molar-refractivity contribution in [1.29, 1.82) is 0 Å². The van der Waals surface area contributed by atoms with Gasteiger partial charge in [-0.25, -0.2) is 4.98 Å². The number of hydrogen-bond donors (Lipinski definition) is 1. The third-order valence-electron chi connectivity index (χ3n) is 4.42. The molecule has 1 aromatic carbocycles. The summed E-state index contributed by atoms with van der Waals surface area (Å²) >= 11 is 0. The molecule has 1 fully saturated rings. The minimum atomic E-state index is 0.624. The minimum Gasteiger partial charge on any atom is -0.326 e. The second kappa shape index (κ2) is 6.79. The zero-order chi connectivity index (χ0) is 14.5. The molecule has 3 heteroatoms. The first-order valence-electron chi connectivity index (χ1n) is 8.25. The van der Waals surface area contributed by atoms with Gasteiger partial charge in [-0.05, 0) is 43.4 Å². The first-order valence-corrected chi connectivity index (χ1v) is 8.25. The number of aromatic nitrogens is 2. The highest BCUT2D eigenvalue weighted by atomic mass is 15.2. The number of anilines is 2. The van der Waals surface area contributed by atoms with Crippen molar-refractivity contribution in [2.75, 3.05) is 5.32 Å². The summed E-state index contributed by atoms with van der Waals surface area (Å²) in [6, 6.07) is 9.40. The molecule has 3 rings (SSSR count). The predicted molar refractivity (Wildman–Crippen MR) is 88.1 cm³/mol. The molecule has 1 saturated carbocycles. The Hall–Kier alpha value is -1.77. The lowest BCUT2D eigenvalue weighted by molar-refractivity contribution is 0.525. The summed E-state index contributed by atoms with van der Waals surface area (Å²) in [4.78, 5) is 4.48. The van der Waals surface area contributed by atoms with Crippen molar-refractivity contribution < 1.29 is 0 Å². The van der Waals surface area contributed by atoms with E-state index in [9.17, 15) is 0 Å². The number of benzene rings is 1. The van der Waals surface area contributed by atoms with E-state index < -0.39 is 0 Å². The van der Waals surface area contributed by atoms with Gasteiger partial charge in [0.05, 0.1) is 0 Å². The maximum Gasteiger partial charge on any atom is 0.207 e. The van der Waals surface area contributed by atoms with E-state index in [1.165, 1.54) is 50.5 Å². The molecule has 1 N–H and O–H groups in total. The number of rotatable bonds is 6. The molecule has 1 aliphatic carbocycles. The maximum absolute atomic E-state index is 4.48. The highest BCUT2D eigenvalue weighted by molar-refractivity contribution is 5.54. The molecule has 0 spiro atoms. The molecule has 2 aromatic rings. The van der Waals surface area contributed by atoms with Crippen LogP contribution in [0.4, 0.5) is 11.6 Å². The summed E-state index contributed by atoms with van der Waals surface area (Å²) in [6.07, 6.45) is 12.9. The summed E-state index contributed by atoms with van der Waals surface area (Å²) < 4.78 is 2.30. The molecule has 0 amide bonds. The van der Waals surface area contributed by atoms with Crippen LogP contribution in [0, 0.1) is 0 Å². The Morgan fingerprint density at radius 2 is 1.95 bits per heavy atom. The van der Waals surface area contributed by atoms with Gasteiger partial charge in [-0.2, -0.15) is 0 Å². The van der Waals surface area contributed by atoms with Crippen LogP contribution in [-0.4, -0.2) is 9.55 Å². The number of imidazole rings is 1.